The molecule has 0 aliphatic rings. The number of aliphatic hydroxyl groups is 1. The summed E-state index contributed by atoms with van der Waals surface area (Å²) in [4.78, 5) is 7.65. The van der Waals surface area contributed by atoms with Gasteiger partial charge in [-0.2, -0.15) is 5.26 Å². The number of nitrogens with one attached hydrogen (secondary N) is 1. The van der Waals surface area contributed by atoms with Crippen LogP contribution in [0.4, 0.5) is 0 Å². The van der Waals surface area contributed by atoms with Crippen LogP contribution in [0, 0.1) is 16.7 Å². The molecule has 2 aromatic rings. The predicted octanol–water partition coefficient (Wildman–Crippen LogP) is 5.13. The van der Waals surface area contributed by atoms with Gasteiger partial charge in [-0.1, -0.05) is 18.7 Å². The summed E-state index contributed by atoms with van der Waals surface area (Å²) in [5, 5.41) is 19.3. The van der Waals surface area contributed by atoms with Crippen LogP contribution in [0.2, 0.25) is 0 Å². The van der Waals surface area contributed by atoms with E-state index in [4.69, 9.17) is 9.47 Å². The van der Waals surface area contributed by atoms with Crippen molar-refractivity contribution in [3.63, 3.8) is 0 Å². The normalized spacial score (nSPS) is 12.1. The van der Waals surface area contributed by atoms with Gasteiger partial charge in [0.05, 0.1) is 43.2 Å². The summed E-state index contributed by atoms with van der Waals surface area (Å²) in [6.07, 6.45) is 7.34. The molecule has 1 aromatic carbocycles. The van der Waals surface area contributed by atoms with Crippen molar-refractivity contribution in [2.75, 3.05) is 14.2 Å². The maximum atomic E-state index is 9.85. The van der Waals surface area contributed by atoms with E-state index in [2.05, 4.69) is 22.6 Å². The first-order chi connectivity index (χ1) is 13.3. The van der Waals surface area contributed by atoms with Crippen LogP contribution < -0.4 is 9.47 Å². The minimum absolute atomic E-state index is 0.136. The molecule has 0 atom stereocenters. The SMILES string of the molecule is C=C(O)c1c(OC)cc(-c2cnc(/C=C(\C=C/C)C(C)(C)C#N)[nH]2)cc1OC. The monoisotopic (exact) mass is 379 g/mol. The van der Waals surface area contributed by atoms with Crippen LogP contribution in [0.25, 0.3) is 23.1 Å². The summed E-state index contributed by atoms with van der Waals surface area (Å²) >= 11 is 0. The number of imidazole rings is 1. The van der Waals surface area contributed by atoms with Gasteiger partial charge in [0.15, 0.2) is 0 Å². The molecule has 2 N–H and O–H groups in total. The van der Waals surface area contributed by atoms with Gasteiger partial charge < -0.3 is 19.6 Å². The molecule has 1 aromatic heterocycles. The minimum atomic E-state index is -0.644. The Morgan fingerprint density at radius 3 is 2.36 bits per heavy atom. The molecule has 6 heteroatoms. The molecule has 0 aliphatic carbocycles. The minimum Gasteiger partial charge on any atom is -0.508 e. The lowest BCUT2D eigenvalue weighted by Crippen LogP contribution is -2.10. The molecule has 0 saturated heterocycles. The van der Waals surface area contributed by atoms with Crippen molar-refractivity contribution < 1.29 is 14.6 Å². The zero-order valence-corrected chi connectivity index (χ0v) is 16.8. The number of aromatic nitrogens is 2. The molecular formula is C22H25N3O3. The number of methoxy groups -OCH3 is 2. The summed E-state index contributed by atoms with van der Waals surface area (Å²) < 4.78 is 10.8. The first kappa shape index (κ1) is 20.8. The van der Waals surface area contributed by atoms with Crippen molar-refractivity contribution in [3.05, 3.63) is 54.0 Å². The van der Waals surface area contributed by atoms with Gasteiger partial charge >= 0.3 is 0 Å². The highest BCUT2D eigenvalue weighted by molar-refractivity contribution is 5.76. The van der Waals surface area contributed by atoms with Gasteiger partial charge in [0.2, 0.25) is 0 Å². The van der Waals surface area contributed by atoms with E-state index < -0.39 is 5.41 Å². The lowest BCUT2D eigenvalue weighted by molar-refractivity contribution is 0.385. The summed E-state index contributed by atoms with van der Waals surface area (Å²) in [5.74, 6) is 1.37. The van der Waals surface area contributed by atoms with Crippen molar-refractivity contribution in [1.29, 1.82) is 5.26 Å². The molecular weight excluding hydrogens is 354 g/mol. The largest absolute Gasteiger partial charge is 0.508 e. The molecule has 0 saturated carbocycles. The lowest BCUT2D eigenvalue weighted by Gasteiger charge is -2.16. The average molecular weight is 379 g/mol. The van der Waals surface area contributed by atoms with Gasteiger partial charge in [-0.3, -0.25) is 0 Å². The van der Waals surface area contributed by atoms with E-state index in [1.54, 1.807) is 18.3 Å². The van der Waals surface area contributed by atoms with E-state index in [1.165, 1.54) is 14.2 Å². The van der Waals surface area contributed by atoms with E-state index in [1.807, 2.05) is 39.0 Å². The fourth-order valence-corrected chi connectivity index (χ4v) is 2.74. The van der Waals surface area contributed by atoms with Gasteiger partial charge in [-0.15, -0.1) is 0 Å². The number of allylic oxidation sites excluding steroid dienone is 3. The molecule has 0 fully saturated rings. The van der Waals surface area contributed by atoms with Crippen molar-refractivity contribution in [1.82, 2.24) is 9.97 Å². The molecule has 0 bridgehead atoms. The third kappa shape index (κ3) is 4.26. The molecule has 28 heavy (non-hydrogen) atoms. The Labute approximate surface area is 165 Å². The van der Waals surface area contributed by atoms with Crippen LogP contribution in [0.5, 0.6) is 11.5 Å². The second-order valence-corrected chi connectivity index (χ2v) is 6.72. The first-order valence-electron chi connectivity index (χ1n) is 8.73. The number of hydrogen-bond acceptors (Lipinski definition) is 5. The zero-order chi connectivity index (χ0) is 20.9. The van der Waals surface area contributed by atoms with Gasteiger partial charge in [-0.05, 0) is 44.6 Å². The predicted molar refractivity (Wildman–Crippen MR) is 111 cm³/mol. The Balaban J connectivity index is 2.53. The third-order valence-electron chi connectivity index (χ3n) is 4.34. The smallest absolute Gasteiger partial charge is 0.134 e. The van der Waals surface area contributed by atoms with E-state index in [0.29, 0.717) is 22.9 Å². The van der Waals surface area contributed by atoms with Gasteiger partial charge in [0.25, 0.3) is 0 Å². The van der Waals surface area contributed by atoms with Crippen LogP contribution in [-0.4, -0.2) is 29.3 Å². The molecule has 0 aliphatic heterocycles. The Hall–Kier alpha value is -3.46. The Morgan fingerprint density at radius 1 is 1.29 bits per heavy atom. The highest BCUT2D eigenvalue weighted by Gasteiger charge is 2.21. The van der Waals surface area contributed by atoms with Crippen molar-refractivity contribution in [2.24, 2.45) is 5.41 Å². The van der Waals surface area contributed by atoms with E-state index >= 15 is 0 Å². The quantitative estimate of drug-likeness (QED) is 0.514. The Bertz CT molecular complexity index is 950. The second kappa shape index (κ2) is 8.49. The van der Waals surface area contributed by atoms with Crippen molar-refractivity contribution in [2.45, 2.75) is 20.8 Å². The number of H-pyrrole nitrogens is 1. The lowest BCUT2D eigenvalue weighted by atomic mass is 9.85. The summed E-state index contributed by atoms with van der Waals surface area (Å²) in [7, 11) is 3.03. The second-order valence-electron chi connectivity index (χ2n) is 6.72. The number of nitrogens with zero attached hydrogens (tertiary/aromatic N) is 2. The molecule has 0 unspecified atom stereocenters. The third-order valence-corrected chi connectivity index (χ3v) is 4.34. The number of hydrogen-bond donors (Lipinski definition) is 2. The number of rotatable bonds is 7. The van der Waals surface area contributed by atoms with Gasteiger partial charge in [-0.25, -0.2) is 4.98 Å². The molecule has 0 amide bonds. The number of aromatic amines is 1. The van der Waals surface area contributed by atoms with Crippen molar-refractivity contribution in [3.8, 4) is 28.8 Å². The molecule has 0 radical (unpaired) electrons. The number of nitriles is 1. The topological polar surface area (TPSA) is 91.2 Å². The van der Waals surface area contributed by atoms with Crippen molar-refractivity contribution >= 4 is 11.8 Å². The Morgan fingerprint density at radius 2 is 1.89 bits per heavy atom. The number of benzene rings is 1. The summed E-state index contributed by atoms with van der Waals surface area (Å²) in [6.45, 7) is 9.19. The van der Waals surface area contributed by atoms with Crippen LogP contribution in [0.3, 0.4) is 0 Å². The maximum absolute atomic E-state index is 9.85. The highest BCUT2D eigenvalue weighted by atomic mass is 16.5. The highest BCUT2D eigenvalue weighted by Crippen LogP contribution is 2.37. The molecule has 146 valence electrons. The van der Waals surface area contributed by atoms with Crippen LogP contribution >= 0.6 is 0 Å². The summed E-state index contributed by atoms with van der Waals surface area (Å²) in [5.41, 5.74) is 2.13. The zero-order valence-electron chi connectivity index (χ0n) is 16.8. The van der Waals surface area contributed by atoms with E-state index in [9.17, 15) is 10.4 Å². The molecule has 1 heterocycles. The molecule has 6 nitrogen and oxygen atoms in total. The fraction of sp³-hybridized carbons (Fsp3) is 0.273. The van der Waals surface area contributed by atoms with Crippen LogP contribution in [0.15, 0.2) is 42.6 Å². The maximum Gasteiger partial charge on any atom is 0.134 e. The Kier molecular flexibility index (Phi) is 6.32. The number of aliphatic hydroxyl groups excluding tert-OH is 1. The average Bonchev–Trinajstić information content (AvgIpc) is 3.14. The molecule has 2 rings (SSSR count). The fourth-order valence-electron chi connectivity index (χ4n) is 2.74. The van der Waals surface area contributed by atoms with Gasteiger partial charge in [0, 0.05) is 5.56 Å². The van der Waals surface area contributed by atoms with Crippen LogP contribution in [0.1, 0.15) is 32.2 Å². The summed E-state index contributed by atoms with van der Waals surface area (Å²) in [6, 6.07) is 5.85. The van der Waals surface area contributed by atoms with Crippen LogP contribution in [-0.2, 0) is 0 Å². The number of ether oxygens (including phenoxy) is 2. The molecule has 0 spiro atoms. The van der Waals surface area contributed by atoms with E-state index in [-0.39, 0.29) is 5.76 Å². The van der Waals surface area contributed by atoms with Gasteiger partial charge in [0.1, 0.15) is 23.1 Å². The van der Waals surface area contributed by atoms with E-state index in [0.717, 1.165) is 16.8 Å². The first-order valence-corrected chi connectivity index (χ1v) is 8.73. The standard InChI is InChI=1S/C22H25N3O3/c1-7-8-16(22(3,4)13-23)11-20-24-12-17(25-20)15-9-18(27-5)21(14(2)26)19(10-15)28-6/h7-12,26H,2H2,1,3-6H3,(H,24,25)/b8-7-,16-11+.